The van der Waals surface area contributed by atoms with E-state index in [1.54, 1.807) is 0 Å². The van der Waals surface area contributed by atoms with Crippen molar-refractivity contribution in [3.63, 3.8) is 0 Å². The number of alkyl halides is 1. The SMILES string of the molecule is CCCC(O)(CCC)CNC(=O)C(C)(C)F. The molecular weight excluding hydrogens is 209 g/mol. The van der Waals surface area contributed by atoms with E-state index in [9.17, 15) is 14.3 Å². The van der Waals surface area contributed by atoms with E-state index < -0.39 is 17.2 Å². The molecule has 0 atom stereocenters. The number of halogens is 1. The van der Waals surface area contributed by atoms with Crippen LogP contribution in [0.25, 0.3) is 0 Å². The minimum atomic E-state index is -1.89. The summed E-state index contributed by atoms with van der Waals surface area (Å²) in [5.41, 5.74) is -2.79. The third-order valence-electron chi connectivity index (χ3n) is 2.55. The summed E-state index contributed by atoms with van der Waals surface area (Å²) in [6, 6.07) is 0. The normalized spacial score (nSPS) is 12.6. The average Bonchev–Trinajstić information content (AvgIpc) is 2.13. The van der Waals surface area contributed by atoms with Gasteiger partial charge in [-0.05, 0) is 26.7 Å². The number of carbonyl (C=O) groups is 1. The number of carbonyl (C=O) groups excluding carboxylic acids is 1. The molecule has 16 heavy (non-hydrogen) atoms. The fraction of sp³-hybridized carbons (Fsp3) is 0.917. The molecule has 0 saturated heterocycles. The fourth-order valence-corrected chi connectivity index (χ4v) is 1.69. The van der Waals surface area contributed by atoms with Gasteiger partial charge in [-0.3, -0.25) is 4.79 Å². The molecular formula is C12H24FNO2. The minimum Gasteiger partial charge on any atom is -0.388 e. The van der Waals surface area contributed by atoms with E-state index in [1.807, 2.05) is 13.8 Å². The first kappa shape index (κ1) is 15.4. The summed E-state index contributed by atoms with van der Waals surface area (Å²) in [7, 11) is 0. The number of hydrogen-bond acceptors (Lipinski definition) is 2. The van der Waals surface area contributed by atoms with E-state index in [0.29, 0.717) is 12.8 Å². The second kappa shape index (κ2) is 6.18. The Morgan fingerprint density at radius 3 is 2.00 bits per heavy atom. The Morgan fingerprint density at radius 2 is 1.69 bits per heavy atom. The Morgan fingerprint density at radius 1 is 1.25 bits per heavy atom. The molecule has 0 saturated carbocycles. The Balaban J connectivity index is 4.27. The number of amides is 1. The third kappa shape index (κ3) is 5.45. The predicted octanol–water partition coefficient (Wildman–Crippen LogP) is 2.18. The van der Waals surface area contributed by atoms with Gasteiger partial charge >= 0.3 is 0 Å². The lowest BCUT2D eigenvalue weighted by Crippen LogP contribution is -2.47. The van der Waals surface area contributed by atoms with Crippen LogP contribution in [0.15, 0.2) is 0 Å². The highest BCUT2D eigenvalue weighted by Crippen LogP contribution is 2.19. The first-order valence-corrected chi connectivity index (χ1v) is 5.95. The van der Waals surface area contributed by atoms with Gasteiger partial charge in [0.2, 0.25) is 0 Å². The molecule has 0 unspecified atom stereocenters. The Bertz CT molecular complexity index is 218. The van der Waals surface area contributed by atoms with Crippen molar-refractivity contribution in [2.45, 2.75) is 64.6 Å². The van der Waals surface area contributed by atoms with Gasteiger partial charge in [0.05, 0.1) is 5.60 Å². The molecule has 0 aliphatic rings. The molecule has 0 radical (unpaired) electrons. The third-order valence-corrected chi connectivity index (χ3v) is 2.55. The van der Waals surface area contributed by atoms with Gasteiger partial charge in [0.15, 0.2) is 5.67 Å². The largest absolute Gasteiger partial charge is 0.388 e. The molecule has 0 aromatic rings. The Hall–Kier alpha value is -0.640. The smallest absolute Gasteiger partial charge is 0.257 e. The van der Waals surface area contributed by atoms with Gasteiger partial charge in [-0.1, -0.05) is 26.7 Å². The van der Waals surface area contributed by atoms with E-state index >= 15 is 0 Å². The van der Waals surface area contributed by atoms with Crippen molar-refractivity contribution < 1.29 is 14.3 Å². The lowest BCUT2D eigenvalue weighted by Gasteiger charge is -2.28. The maximum Gasteiger partial charge on any atom is 0.257 e. The highest BCUT2D eigenvalue weighted by atomic mass is 19.1. The zero-order valence-electron chi connectivity index (χ0n) is 10.8. The molecule has 0 heterocycles. The van der Waals surface area contributed by atoms with Crippen LogP contribution in [0.4, 0.5) is 4.39 Å². The molecule has 4 heteroatoms. The zero-order chi connectivity index (χ0) is 12.8. The maximum absolute atomic E-state index is 13.2. The molecule has 0 rings (SSSR count). The van der Waals surface area contributed by atoms with Crippen molar-refractivity contribution in [1.29, 1.82) is 0 Å². The first-order valence-electron chi connectivity index (χ1n) is 5.95. The van der Waals surface area contributed by atoms with Gasteiger partial charge in [0.1, 0.15) is 0 Å². The van der Waals surface area contributed by atoms with Crippen LogP contribution >= 0.6 is 0 Å². The quantitative estimate of drug-likeness (QED) is 0.708. The summed E-state index contributed by atoms with van der Waals surface area (Å²) in [5, 5.41) is 12.7. The number of hydrogen-bond donors (Lipinski definition) is 2. The molecule has 0 bridgehead atoms. The molecule has 2 N–H and O–H groups in total. The highest BCUT2D eigenvalue weighted by Gasteiger charge is 2.30. The molecule has 0 fully saturated rings. The lowest BCUT2D eigenvalue weighted by atomic mass is 9.92. The average molecular weight is 233 g/mol. The summed E-state index contributed by atoms with van der Waals surface area (Å²) >= 11 is 0. The highest BCUT2D eigenvalue weighted by molar-refractivity contribution is 5.84. The molecule has 0 aliphatic carbocycles. The van der Waals surface area contributed by atoms with E-state index in [4.69, 9.17) is 0 Å². The van der Waals surface area contributed by atoms with Gasteiger partial charge < -0.3 is 10.4 Å². The Labute approximate surface area is 97.4 Å². The van der Waals surface area contributed by atoms with Crippen LogP contribution in [0.1, 0.15) is 53.4 Å². The summed E-state index contributed by atoms with van der Waals surface area (Å²) in [5.74, 6) is -0.668. The van der Waals surface area contributed by atoms with Crippen molar-refractivity contribution in [2.24, 2.45) is 0 Å². The molecule has 0 aliphatic heterocycles. The standard InChI is InChI=1S/C12H24FNO2/c1-5-7-12(16,8-6-2)9-14-10(15)11(3,4)13/h16H,5-9H2,1-4H3,(H,14,15). The van der Waals surface area contributed by atoms with Crippen LogP contribution < -0.4 is 5.32 Å². The van der Waals surface area contributed by atoms with Gasteiger partial charge in [0, 0.05) is 6.54 Å². The van der Waals surface area contributed by atoms with Crippen LogP contribution in [0, 0.1) is 0 Å². The molecule has 0 aromatic heterocycles. The molecule has 3 nitrogen and oxygen atoms in total. The summed E-state index contributed by atoms with van der Waals surface area (Å²) in [6.45, 7) is 6.49. The zero-order valence-corrected chi connectivity index (χ0v) is 10.8. The molecule has 0 spiro atoms. The number of nitrogens with one attached hydrogen (secondary N) is 1. The van der Waals surface area contributed by atoms with E-state index in [1.165, 1.54) is 13.8 Å². The van der Waals surface area contributed by atoms with Crippen LogP contribution in [0.5, 0.6) is 0 Å². The van der Waals surface area contributed by atoms with Crippen molar-refractivity contribution in [1.82, 2.24) is 5.32 Å². The van der Waals surface area contributed by atoms with Gasteiger partial charge in [-0.25, -0.2) is 4.39 Å². The maximum atomic E-state index is 13.2. The van der Waals surface area contributed by atoms with Gasteiger partial charge in [-0.2, -0.15) is 0 Å². The van der Waals surface area contributed by atoms with Crippen molar-refractivity contribution in [3.8, 4) is 0 Å². The van der Waals surface area contributed by atoms with Crippen LogP contribution in [-0.4, -0.2) is 28.8 Å². The van der Waals surface area contributed by atoms with E-state index in [0.717, 1.165) is 12.8 Å². The minimum absolute atomic E-state index is 0.126. The summed E-state index contributed by atoms with van der Waals surface area (Å²) in [4.78, 5) is 11.3. The number of aliphatic hydroxyl groups is 1. The number of rotatable bonds is 7. The predicted molar refractivity (Wildman–Crippen MR) is 63.0 cm³/mol. The first-order chi connectivity index (χ1) is 7.25. The second-order valence-electron chi connectivity index (χ2n) is 4.88. The van der Waals surface area contributed by atoms with E-state index in [2.05, 4.69) is 5.32 Å². The van der Waals surface area contributed by atoms with E-state index in [-0.39, 0.29) is 6.54 Å². The second-order valence-corrected chi connectivity index (χ2v) is 4.88. The lowest BCUT2D eigenvalue weighted by molar-refractivity contribution is -0.132. The molecule has 0 aromatic carbocycles. The van der Waals surface area contributed by atoms with Gasteiger partial charge in [-0.15, -0.1) is 0 Å². The van der Waals surface area contributed by atoms with Crippen LogP contribution in [0.3, 0.4) is 0 Å². The fourth-order valence-electron chi connectivity index (χ4n) is 1.69. The monoisotopic (exact) mass is 233 g/mol. The van der Waals surface area contributed by atoms with Gasteiger partial charge in [0.25, 0.3) is 5.91 Å². The van der Waals surface area contributed by atoms with Crippen molar-refractivity contribution in [2.75, 3.05) is 6.54 Å². The topological polar surface area (TPSA) is 49.3 Å². The summed E-state index contributed by atoms with van der Waals surface area (Å²) in [6.07, 6.45) is 2.92. The van der Waals surface area contributed by atoms with Crippen molar-refractivity contribution >= 4 is 5.91 Å². The van der Waals surface area contributed by atoms with Crippen LogP contribution in [-0.2, 0) is 4.79 Å². The summed E-state index contributed by atoms with van der Waals surface area (Å²) < 4.78 is 13.2. The van der Waals surface area contributed by atoms with Crippen LogP contribution in [0.2, 0.25) is 0 Å². The van der Waals surface area contributed by atoms with Crippen molar-refractivity contribution in [3.05, 3.63) is 0 Å². The molecule has 1 amide bonds. The Kier molecular flexibility index (Phi) is 5.94. The molecule has 96 valence electrons.